The highest BCUT2D eigenvalue weighted by molar-refractivity contribution is 6.31. The van der Waals surface area contributed by atoms with Gasteiger partial charge >= 0.3 is 5.97 Å². The van der Waals surface area contributed by atoms with Gasteiger partial charge in [0.15, 0.2) is 5.78 Å². The molecule has 0 aliphatic heterocycles. The van der Waals surface area contributed by atoms with E-state index in [-0.39, 0.29) is 21.9 Å². The minimum Gasteiger partial charge on any atom is -0.478 e. The Hall–Kier alpha value is -2.46. The number of carbonyl (C=O) groups excluding carboxylic acids is 1. The molecule has 0 saturated heterocycles. The maximum atomic E-state index is 13.0. The molecule has 5 heteroatoms. The van der Waals surface area contributed by atoms with Gasteiger partial charge in [0, 0.05) is 5.56 Å². The summed E-state index contributed by atoms with van der Waals surface area (Å²) in [4.78, 5) is 22.6. The monoisotopic (exact) mass is 304 g/mol. The number of allylic oxidation sites excluding steroid dienone is 1. The number of carboxylic acids is 1. The first kappa shape index (κ1) is 14.9. The minimum atomic E-state index is -1.01. The lowest BCUT2D eigenvalue weighted by atomic mass is 10.1. The summed E-state index contributed by atoms with van der Waals surface area (Å²) < 4.78 is 13.0. The molecule has 2 rings (SSSR count). The predicted molar refractivity (Wildman–Crippen MR) is 78.2 cm³/mol. The fourth-order valence-corrected chi connectivity index (χ4v) is 1.83. The van der Waals surface area contributed by atoms with Gasteiger partial charge in [0.25, 0.3) is 0 Å². The van der Waals surface area contributed by atoms with Gasteiger partial charge in [-0.2, -0.15) is 0 Å². The number of rotatable bonds is 4. The van der Waals surface area contributed by atoms with Crippen molar-refractivity contribution in [1.82, 2.24) is 0 Å². The lowest BCUT2D eigenvalue weighted by molar-refractivity contribution is 0.0696. The molecule has 0 aromatic heterocycles. The maximum Gasteiger partial charge on any atom is 0.335 e. The van der Waals surface area contributed by atoms with Gasteiger partial charge in [-0.25, -0.2) is 9.18 Å². The average Bonchev–Trinajstić information content (AvgIpc) is 2.48. The number of halogens is 2. The average molecular weight is 305 g/mol. The van der Waals surface area contributed by atoms with Crippen LogP contribution in [0.5, 0.6) is 0 Å². The molecular formula is C16H10ClFO3. The Bertz CT molecular complexity index is 721. The Morgan fingerprint density at radius 2 is 1.67 bits per heavy atom. The highest BCUT2D eigenvalue weighted by atomic mass is 35.5. The molecule has 0 atom stereocenters. The van der Waals surface area contributed by atoms with Crippen LogP contribution in [0.1, 0.15) is 26.3 Å². The van der Waals surface area contributed by atoms with Gasteiger partial charge in [0.1, 0.15) is 5.82 Å². The summed E-state index contributed by atoms with van der Waals surface area (Å²) in [6, 6.07) is 9.81. The number of ketones is 1. The molecule has 21 heavy (non-hydrogen) atoms. The second-order valence-electron chi connectivity index (χ2n) is 4.25. The number of hydrogen-bond donors (Lipinski definition) is 1. The van der Waals surface area contributed by atoms with Crippen molar-refractivity contribution in [3.05, 3.63) is 76.1 Å². The number of hydrogen-bond acceptors (Lipinski definition) is 2. The lowest BCUT2D eigenvalue weighted by Gasteiger charge is -1.99. The van der Waals surface area contributed by atoms with Crippen LogP contribution in [0.15, 0.2) is 48.5 Å². The molecule has 0 spiro atoms. The van der Waals surface area contributed by atoms with Gasteiger partial charge in [0.05, 0.1) is 10.6 Å². The molecule has 0 saturated carbocycles. The number of carbonyl (C=O) groups is 2. The van der Waals surface area contributed by atoms with Gasteiger partial charge in [-0.3, -0.25) is 4.79 Å². The highest BCUT2D eigenvalue weighted by Crippen LogP contribution is 2.17. The van der Waals surface area contributed by atoms with E-state index < -0.39 is 11.8 Å². The molecule has 2 aromatic rings. The summed E-state index contributed by atoms with van der Waals surface area (Å²) in [5, 5.41) is 8.66. The molecule has 0 radical (unpaired) electrons. The van der Waals surface area contributed by atoms with E-state index in [1.807, 2.05) is 0 Å². The molecule has 0 aliphatic carbocycles. The summed E-state index contributed by atoms with van der Waals surface area (Å²) in [5.74, 6) is -1.91. The van der Waals surface area contributed by atoms with Crippen molar-refractivity contribution in [1.29, 1.82) is 0 Å². The van der Waals surface area contributed by atoms with E-state index in [0.29, 0.717) is 5.56 Å². The van der Waals surface area contributed by atoms with Crippen LogP contribution >= 0.6 is 11.6 Å². The molecule has 3 nitrogen and oxygen atoms in total. The smallest absolute Gasteiger partial charge is 0.335 e. The molecule has 0 aliphatic rings. The maximum absolute atomic E-state index is 13.0. The van der Waals surface area contributed by atoms with Gasteiger partial charge in [-0.1, -0.05) is 29.8 Å². The summed E-state index contributed by atoms with van der Waals surface area (Å²) in [6.45, 7) is 0. The van der Waals surface area contributed by atoms with Crippen molar-refractivity contribution in [2.24, 2.45) is 0 Å². The van der Waals surface area contributed by atoms with Crippen molar-refractivity contribution in [3.63, 3.8) is 0 Å². The second kappa shape index (κ2) is 6.33. The Morgan fingerprint density at radius 3 is 2.24 bits per heavy atom. The van der Waals surface area contributed by atoms with Crippen molar-refractivity contribution in [2.45, 2.75) is 0 Å². The van der Waals surface area contributed by atoms with E-state index in [9.17, 15) is 14.0 Å². The number of carboxylic acid groups (broad SMARTS) is 1. The molecule has 0 fully saturated rings. The Morgan fingerprint density at radius 1 is 1.05 bits per heavy atom. The predicted octanol–water partition coefficient (Wildman–Crippen LogP) is 4.07. The standard InChI is InChI=1S/C16H10ClFO3/c17-13-9-12(6-7-14(13)18)15(19)8-3-10-1-4-11(5-2-10)16(20)21/h1-9H,(H,20,21)/b8-3+. The summed E-state index contributed by atoms with van der Waals surface area (Å²) in [5.41, 5.74) is 1.13. The zero-order chi connectivity index (χ0) is 15.4. The molecule has 0 unspecified atom stereocenters. The van der Waals surface area contributed by atoms with Gasteiger partial charge in [-0.05, 0) is 42.0 Å². The summed E-state index contributed by atoms with van der Waals surface area (Å²) in [6.07, 6.45) is 2.87. The Kier molecular flexibility index (Phi) is 4.50. The quantitative estimate of drug-likeness (QED) is 0.684. The van der Waals surface area contributed by atoms with Crippen LogP contribution in [-0.4, -0.2) is 16.9 Å². The molecule has 1 N–H and O–H groups in total. The summed E-state index contributed by atoms with van der Waals surface area (Å²) in [7, 11) is 0. The van der Waals surface area contributed by atoms with Gasteiger partial charge in [-0.15, -0.1) is 0 Å². The first-order valence-electron chi connectivity index (χ1n) is 5.98. The third kappa shape index (κ3) is 3.77. The molecule has 2 aromatic carbocycles. The SMILES string of the molecule is O=C(O)c1ccc(/C=C/C(=O)c2ccc(F)c(Cl)c2)cc1. The van der Waals surface area contributed by atoms with E-state index in [0.717, 1.165) is 6.07 Å². The van der Waals surface area contributed by atoms with Crippen LogP contribution in [0.25, 0.3) is 6.08 Å². The van der Waals surface area contributed by atoms with Crippen LogP contribution in [0.4, 0.5) is 4.39 Å². The van der Waals surface area contributed by atoms with Gasteiger partial charge < -0.3 is 5.11 Å². The van der Waals surface area contributed by atoms with E-state index in [2.05, 4.69) is 0 Å². The lowest BCUT2D eigenvalue weighted by Crippen LogP contribution is -1.96. The first-order valence-corrected chi connectivity index (χ1v) is 6.36. The molecule has 0 amide bonds. The minimum absolute atomic E-state index is 0.111. The summed E-state index contributed by atoms with van der Waals surface area (Å²) >= 11 is 5.62. The van der Waals surface area contributed by atoms with E-state index in [4.69, 9.17) is 16.7 Å². The zero-order valence-electron chi connectivity index (χ0n) is 10.7. The molecular weight excluding hydrogens is 295 g/mol. The molecule has 106 valence electrons. The zero-order valence-corrected chi connectivity index (χ0v) is 11.5. The van der Waals surface area contributed by atoms with Crippen molar-refractivity contribution >= 4 is 29.4 Å². The normalized spacial score (nSPS) is 10.8. The number of benzene rings is 2. The van der Waals surface area contributed by atoms with Crippen LogP contribution in [-0.2, 0) is 0 Å². The molecule has 0 heterocycles. The van der Waals surface area contributed by atoms with E-state index >= 15 is 0 Å². The number of aromatic carboxylic acids is 1. The first-order chi connectivity index (χ1) is 9.97. The third-order valence-corrected chi connectivity index (χ3v) is 3.08. The van der Waals surface area contributed by atoms with Crippen molar-refractivity contribution in [2.75, 3.05) is 0 Å². The molecule has 0 bridgehead atoms. The van der Waals surface area contributed by atoms with Crippen molar-refractivity contribution < 1.29 is 19.1 Å². The Labute approximate surface area is 125 Å². The van der Waals surface area contributed by atoms with Gasteiger partial charge in [0.2, 0.25) is 0 Å². The van der Waals surface area contributed by atoms with E-state index in [1.54, 1.807) is 18.2 Å². The van der Waals surface area contributed by atoms with Crippen molar-refractivity contribution in [3.8, 4) is 0 Å². The largest absolute Gasteiger partial charge is 0.478 e. The van der Waals surface area contributed by atoms with E-state index in [1.165, 1.54) is 30.3 Å². The van der Waals surface area contributed by atoms with Crippen LogP contribution < -0.4 is 0 Å². The topological polar surface area (TPSA) is 54.4 Å². The van der Waals surface area contributed by atoms with Crippen LogP contribution in [0, 0.1) is 5.82 Å². The third-order valence-electron chi connectivity index (χ3n) is 2.79. The fraction of sp³-hybridized carbons (Fsp3) is 0. The van der Waals surface area contributed by atoms with Crippen LogP contribution in [0.3, 0.4) is 0 Å². The second-order valence-corrected chi connectivity index (χ2v) is 4.66. The van der Waals surface area contributed by atoms with Crippen LogP contribution in [0.2, 0.25) is 5.02 Å². The highest BCUT2D eigenvalue weighted by Gasteiger charge is 2.06. The fourth-order valence-electron chi connectivity index (χ4n) is 1.65. The Balaban J connectivity index is 2.14.